The molecule has 15 heavy (non-hydrogen) atoms. The van der Waals surface area contributed by atoms with Crippen molar-refractivity contribution in [1.29, 1.82) is 0 Å². The summed E-state index contributed by atoms with van der Waals surface area (Å²) in [5.41, 5.74) is 1.16. The van der Waals surface area contributed by atoms with Crippen molar-refractivity contribution in [3.63, 3.8) is 0 Å². The van der Waals surface area contributed by atoms with E-state index in [1.54, 1.807) is 0 Å². The van der Waals surface area contributed by atoms with Crippen molar-refractivity contribution >= 4 is 0 Å². The number of aromatic nitrogens is 2. The predicted molar refractivity (Wildman–Crippen MR) is 58.5 cm³/mol. The van der Waals surface area contributed by atoms with Crippen molar-refractivity contribution < 1.29 is 5.11 Å². The maximum atomic E-state index is 9.03. The Hall–Kier alpha value is -0.870. The van der Waals surface area contributed by atoms with Crippen LogP contribution in [-0.2, 0) is 13.5 Å². The molecule has 0 bridgehead atoms. The summed E-state index contributed by atoms with van der Waals surface area (Å²) in [5, 5.41) is 13.4. The Morgan fingerprint density at radius 1 is 1.60 bits per heavy atom. The Morgan fingerprint density at radius 3 is 3.07 bits per heavy atom. The summed E-state index contributed by atoms with van der Waals surface area (Å²) in [5.74, 6) is 0.494. The van der Waals surface area contributed by atoms with Gasteiger partial charge in [-0.3, -0.25) is 4.68 Å². The highest BCUT2D eigenvalue weighted by atomic mass is 16.3. The molecule has 84 valence electrons. The number of nitrogens with zero attached hydrogens (tertiary/aromatic N) is 3. The topological polar surface area (TPSA) is 41.3 Å². The molecule has 1 aromatic heterocycles. The minimum Gasteiger partial charge on any atom is -0.396 e. The summed E-state index contributed by atoms with van der Waals surface area (Å²) in [4.78, 5) is 2.41. The van der Waals surface area contributed by atoms with Crippen LogP contribution in [0.4, 0.5) is 0 Å². The molecule has 0 aromatic carbocycles. The standard InChI is InChI=1S/C11H19N3O/c1-13-5-3-11(12-13)4-7-14-6-2-10(8-14)9-15/h3,5,10,15H,2,4,6-9H2,1H3. The molecule has 1 aliphatic rings. The highest BCUT2D eigenvalue weighted by molar-refractivity contribution is 4.99. The van der Waals surface area contributed by atoms with Gasteiger partial charge in [0.2, 0.25) is 0 Å². The summed E-state index contributed by atoms with van der Waals surface area (Å²) >= 11 is 0. The molecule has 4 heteroatoms. The minimum atomic E-state index is 0.333. The van der Waals surface area contributed by atoms with Gasteiger partial charge in [-0.15, -0.1) is 0 Å². The van der Waals surface area contributed by atoms with E-state index in [9.17, 15) is 0 Å². The minimum absolute atomic E-state index is 0.333. The van der Waals surface area contributed by atoms with Crippen LogP contribution in [0.1, 0.15) is 12.1 Å². The molecule has 1 saturated heterocycles. The number of hydrogen-bond acceptors (Lipinski definition) is 3. The highest BCUT2D eigenvalue weighted by Gasteiger charge is 2.21. The van der Waals surface area contributed by atoms with Crippen LogP contribution in [0.5, 0.6) is 0 Å². The molecule has 4 nitrogen and oxygen atoms in total. The molecule has 2 heterocycles. The van der Waals surface area contributed by atoms with E-state index in [1.807, 2.05) is 17.9 Å². The third-order valence-electron chi connectivity index (χ3n) is 3.08. The Kier molecular flexibility index (Phi) is 3.38. The van der Waals surface area contributed by atoms with E-state index < -0.39 is 0 Å². The molecule has 1 aliphatic heterocycles. The quantitative estimate of drug-likeness (QED) is 0.774. The largest absolute Gasteiger partial charge is 0.396 e. The molecular formula is C11H19N3O. The highest BCUT2D eigenvalue weighted by Crippen LogP contribution is 2.15. The fraction of sp³-hybridized carbons (Fsp3) is 0.727. The molecule has 0 amide bonds. The molecule has 0 radical (unpaired) electrons. The van der Waals surface area contributed by atoms with E-state index in [2.05, 4.69) is 16.1 Å². The van der Waals surface area contributed by atoms with Crippen LogP contribution in [0.15, 0.2) is 12.3 Å². The Bertz CT molecular complexity index is 311. The number of hydrogen-bond donors (Lipinski definition) is 1. The third-order valence-corrected chi connectivity index (χ3v) is 3.08. The summed E-state index contributed by atoms with van der Waals surface area (Å²) in [6, 6.07) is 2.07. The summed E-state index contributed by atoms with van der Waals surface area (Å²) in [6.45, 7) is 3.56. The number of aliphatic hydroxyl groups excluding tert-OH is 1. The van der Waals surface area contributed by atoms with Crippen molar-refractivity contribution in [3.05, 3.63) is 18.0 Å². The summed E-state index contributed by atoms with van der Waals surface area (Å²) in [7, 11) is 1.95. The number of aryl methyl sites for hydroxylation is 1. The van der Waals surface area contributed by atoms with Crippen LogP contribution in [0.3, 0.4) is 0 Å². The van der Waals surface area contributed by atoms with E-state index in [1.165, 1.54) is 0 Å². The van der Waals surface area contributed by atoms with Gasteiger partial charge in [0.1, 0.15) is 0 Å². The van der Waals surface area contributed by atoms with Crippen LogP contribution in [0.2, 0.25) is 0 Å². The van der Waals surface area contributed by atoms with Crippen molar-refractivity contribution in [2.75, 3.05) is 26.2 Å². The van der Waals surface area contributed by atoms with Crippen molar-refractivity contribution in [3.8, 4) is 0 Å². The second-order valence-electron chi connectivity index (χ2n) is 4.37. The van der Waals surface area contributed by atoms with Crippen LogP contribution < -0.4 is 0 Å². The van der Waals surface area contributed by atoms with Crippen LogP contribution in [0.25, 0.3) is 0 Å². The SMILES string of the molecule is Cn1ccc(CCN2CCC(CO)C2)n1. The van der Waals surface area contributed by atoms with Gasteiger partial charge in [0.15, 0.2) is 0 Å². The zero-order chi connectivity index (χ0) is 10.7. The first-order valence-corrected chi connectivity index (χ1v) is 5.59. The normalized spacial score (nSPS) is 22.4. The predicted octanol–water partition coefficient (Wildman–Crippen LogP) is 0.277. The van der Waals surface area contributed by atoms with Gasteiger partial charge in [-0.1, -0.05) is 0 Å². The van der Waals surface area contributed by atoms with Crippen molar-refractivity contribution in [2.24, 2.45) is 13.0 Å². The number of likely N-dealkylation sites (tertiary alicyclic amines) is 1. The molecule has 0 spiro atoms. The van der Waals surface area contributed by atoms with E-state index >= 15 is 0 Å². The van der Waals surface area contributed by atoms with Crippen molar-refractivity contribution in [2.45, 2.75) is 12.8 Å². The van der Waals surface area contributed by atoms with Gasteiger partial charge in [0.25, 0.3) is 0 Å². The molecule has 1 aromatic rings. The molecular weight excluding hydrogens is 190 g/mol. The average Bonchev–Trinajstić information content (AvgIpc) is 2.83. The molecule has 1 fully saturated rings. The van der Waals surface area contributed by atoms with Gasteiger partial charge >= 0.3 is 0 Å². The van der Waals surface area contributed by atoms with Gasteiger partial charge in [-0.25, -0.2) is 0 Å². The lowest BCUT2D eigenvalue weighted by Crippen LogP contribution is -2.24. The van der Waals surface area contributed by atoms with Gasteiger partial charge in [-0.2, -0.15) is 5.10 Å². The van der Waals surface area contributed by atoms with E-state index in [0.717, 1.165) is 38.2 Å². The van der Waals surface area contributed by atoms with Crippen LogP contribution in [0, 0.1) is 5.92 Å². The lowest BCUT2D eigenvalue weighted by atomic mass is 10.1. The van der Waals surface area contributed by atoms with Crippen LogP contribution in [-0.4, -0.2) is 46.0 Å². The molecule has 0 saturated carbocycles. The molecule has 0 aliphatic carbocycles. The first-order valence-electron chi connectivity index (χ1n) is 5.59. The first kappa shape index (κ1) is 10.6. The smallest absolute Gasteiger partial charge is 0.0637 e. The zero-order valence-electron chi connectivity index (χ0n) is 9.26. The molecule has 1 N–H and O–H groups in total. The summed E-state index contributed by atoms with van der Waals surface area (Å²) in [6.07, 6.45) is 4.13. The Labute approximate surface area is 90.5 Å². The average molecular weight is 209 g/mol. The maximum Gasteiger partial charge on any atom is 0.0637 e. The van der Waals surface area contributed by atoms with Crippen LogP contribution >= 0.6 is 0 Å². The molecule has 2 rings (SSSR count). The van der Waals surface area contributed by atoms with Gasteiger partial charge in [0.05, 0.1) is 5.69 Å². The van der Waals surface area contributed by atoms with Gasteiger partial charge < -0.3 is 10.0 Å². The van der Waals surface area contributed by atoms with E-state index in [4.69, 9.17) is 5.11 Å². The fourth-order valence-electron chi connectivity index (χ4n) is 2.13. The Balaban J connectivity index is 1.75. The third kappa shape index (κ3) is 2.79. The number of aliphatic hydroxyl groups is 1. The maximum absolute atomic E-state index is 9.03. The fourth-order valence-corrected chi connectivity index (χ4v) is 2.13. The number of rotatable bonds is 4. The monoisotopic (exact) mass is 209 g/mol. The molecule has 1 atom stereocenters. The Morgan fingerprint density at radius 2 is 2.47 bits per heavy atom. The van der Waals surface area contributed by atoms with Crippen molar-refractivity contribution in [1.82, 2.24) is 14.7 Å². The lowest BCUT2D eigenvalue weighted by molar-refractivity contribution is 0.222. The summed E-state index contributed by atoms with van der Waals surface area (Å²) < 4.78 is 1.84. The van der Waals surface area contributed by atoms with E-state index in [0.29, 0.717) is 12.5 Å². The van der Waals surface area contributed by atoms with Gasteiger partial charge in [-0.05, 0) is 24.9 Å². The zero-order valence-corrected chi connectivity index (χ0v) is 9.26. The second-order valence-corrected chi connectivity index (χ2v) is 4.37. The lowest BCUT2D eigenvalue weighted by Gasteiger charge is -2.14. The first-order chi connectivity index (χ1) is 7.28. The molecule has 1 unspecified atom stereocenters. The van der Waals surface area contributed by atoms with E-state index in [-0.39, 0.29) is 0 Å². The second kappa shape index (κ2) is 4.77. The van der Waals surface area contributed by atoms with Gasteiger partial charge in [0, 0.05) is 39.4 Å².